The van der Waals surface area contributed by atoms with Crippen LogP contribution in [0.25, 0.3) is 0 Å². The van der Waals surface area contributed by atoms with Gasteiger partial charge in [0.15, 0.2) is 0 Å². The summed E-state index contributed by atoms with van der Waals surface area (Å²) in [5.74, 6) is 0.0758. The zero-order chi connectivity index (χ0) is 11.5. The zero-order valence-electron chi connectivity index (χ0n) is 7.92. The van der Waals surface area contributed by atoms with Gasteiger partial charge in [-0.25, -0.2) is 14.4 Å². The molecule has 0 spiro atoms. The van der Waals surface area contributed by atoms with E-state index in [9.17, 15) is 4.39 Å². The van der Waals surface area contributed by atoms with Crippen LogP contribution in [0.1, 0.15) is 0 Å². The second-order valence-corrected chi connectivity index (χ2v) is 3.71. The Kier molecular flexibility index (Phi) is 3.22. The number of nitrogens with one attached hydrogen (secondary N) is 1. The van der Waals surface area contributed by atoms with E-state index in [-0.39, 0.29) is 16.3 Å². The van der Waals surface area contributed by atoms with Crippen LogP contribution < -0.4 is 5.32 Å². The third-order valence-corrected chi connectivity index (χ3v) is 2.13. The van der Waals surface area contributed by atoms with Gasteiger partial charge in [-0.3, -0.25) is 0 Å². The summed E-state index contributed by atoms with van der Waals surface area (Å²) < 4.78 is 12.9. The summed E-state index contributed by atoms with van der Waals surface area (Å²) in [4.78, 5) is 7.59. The van der Waals surface area contributed by atoms with Gasteiger partial charge in [0.05, 0.1) is 0 Å². The molecule has 0 aliphatic heterocycles. The van der Waals surface area contributed by atoms with Crippen LogP contribution >= 0.6 is 23.2 Å². The summed E-state index contributed by atoms with van der Waals surface area (Å²) >= 11 is 11.3. The quantitative estimate of drug-likeness (QED) is 0.659. The molecule has 6 heteroatoms. The Bertz CT molecular complexity index is 499. The highest BCUT2D eigenvalue weighted by Crippen LogP contribution is 2.19. The monoisotopic (exact) mass is 257 g/mol. The van der Waals surface area contributed by atoms with E-state index in [1.165, 1.54) is 18.2 Å². The van der Waals surface area contributed by atoms with E-state index in [4.69, 9.17) is 23.2 Å². The molecule has 1 N–H and O–H groups in total. The lowest BCUT2D eigenvalue weighted by Gasteiger charge is -2.05. The van der Waals surface area contributed by atoms with Crippen LogP contribution in [0.5, 0.6) is 0 Å². The standard InChI is InChI=1S/C10H6Cl2FN3/c11-8-5-9(16-10(12)15-8)14-7-3-1-2-6(13)4-7/h1-5H,(H,14,15,16). The molecule has 2 rings (SSSR count). The predicted octanol–water partition coefficient (Wildman–Crippen LogP) is 3.67. The van der Waals surface area contributed by atoms with E-state index < -0.39 is 0 Å². The van der Waals surface area contributed by atoms with Crippen molar-refractivity contribution < 1.29 is 4.39 Å². The van der Waals surface area contributed by atoms with E-state index in [1.54, 1.807) is 12.1 Å². The van der Waals surface area contributed by atoms with Gasteiger partial charge < -0.3 is 5.32 Å². The maximum atomic E-state index is 12.9. The normalized spacial score (nSPS) is 10.2. The Balaban J connectivity index is 2.27. The summed E-state index contributed by atoms with van der Waals surface area (Å²) in [6.45, 7) is 0. The van der Waals surface area contributed by atoms with Crippen molar-refractivity contribution in [3.63, 3.8) is 0 Å². The summed E-state index contributed by atoms with van der Waals surface area (Å²) in [6, 6.07) is 7.47. The Morgan fingerprint density at radius 3 is 2.62 bits per heavy atom. The molecule has 0 radical (unpaired) electrons. The first-order chi connectivity index (χ1) is 7.63. The number of hydrogen-bond acceptors (Lipinski definition) is 3. The van der Waals surface area contributed by atoms with E-state index in [1.807, 2.05) is 0 Å². The van der Waals surface area contributed by atoms with Gasteiger partial charge in [-0.1, -0.05) is 17.7 Å². The molecular formula is C10H6Cl2FN3. The van der Waals surface area contributed by atoms with Gasteiger partial charge in [0, 0.05) is 11.8 Å². The number of nitrogens with zero attached hydrogens (tertiary/aromatic N) is 2. The molecule has 1 heterocycles. The number of rotatable bonds is 2. The molecule has 0 unspecified atom stereocenters. The van der Waals surface area contributed by atoms with Gasteiger partial charge in [-0.15, -0.1) is 0 Å². The van der Waals surface area contributed by atoms with Crippen molar-refractivity contribution in [2.24, 2.45) is 0 Å². The van der Waals surface area contributed by atoms with Crippen molar-refractivity contribution in [1.29, 1.82) is 0 Å². The van der Waals surface area contributed by atoms with Crippen molar-refractivity contribution in [3.8, 4) is 0 Å². The smallest absolute Gasteiger partial charge is 0.225 e. The van der Waals surface area contributed by atoms with Crippen LogP contribution in [0.2, 0.25) is 10.4 Å². The lowest BCUT2D eigenvalue weighted by Crippen LogP contribution is -1.95. The fourth-order valence-electron chi connectivity index (χ4n) is 1.17. The van der Waals surface area contributed by atoms with Crippen LogP contribution in [-0.2, 0) is 0 Å². The Hall–Kier alpha value is -1.39. The topological polar surface area (TPSA) is 37.8 Å². The van der Waals surface area contributed by atoms with Gasteiger partial charge in [-0.2, -0.15) is 0 Å². The number of benzene rings is 1. The molecule has 0 fully saturated rings. The second-order valence-electron chi connectivity index (χ2n) is 2.98. The summed E-state index contributed by atoms with van der Waals surface area (Å²) in [5.41, 5.74) is 0.561. The molecule has 1 aromatic heterocycles. The first-order valence-corrected chi connectivity index (χ1v) is 5.12. The molecular weight excluding hydrogens is 252 g/mol. The van der Waals surface area contributed by atoms with Crippen LogP contribution in [0.15, 0.2) is 30.3 Å². The molecule has 2 aromatic rings. The van der Waals surface area contributed by atoms with Gasteiger partial charge in [-0.05, 0) is 29.8 Å². The van der Waals surface area contributed by atoms with E-state index in [2.05, 4.69) is 15.3 Å². The maximum Gasteiger partial charge on any atom is 0.225 e. The fraction of sp³-hybridized carbons (Fsp3) is 0. The first kappa shape index (κ1) is 11.1. The van der Waals surface area contributed by atoms with Gasteiger partial charge in [0.2, 0.25) is 5.28 Å². The summed E-state index contributed by atoms with van der Waals surface area (Å²) in [5, 5.41) is 3.12. The minimum absolute atomic E-state index is 0.0337. The zero-order valence-corrected chi connectivity index (χ0v) is 9.43. The largest absolute Gasteiger partial charge is 0.340 e. The lowest BCUT2D eigenvalue weighted by molar-refractivity contribution is 0.628. The molecule has 0 saturated carbocycles. The molecule has 0 bridgehead atoms. The number of aromatic nitrogens is 2. The van der Waals surface area contributed by atoms with Crippen molar-refractivity contribution >= 4 is 34.7 Å². The fourth-order valence-corrected chi connectivity index (χ4v) is 1.58. The molecule has 16 heavy (non-hydrogen) atoms. The molecule has 1 aromatic carbocycles. The molecule has 0 atom stereocenters. The van der Waals surface area contributed by atoms with Crippen LogP contribution in [0.4, 0.5) is 15.9 Å². The molecule has 82 valence electrons. The van der Waals surface area contributed by atoms with Crippen molar-refractivity contribution in [3.05, 3.63) is 46.6 Å². The van der Waals surface area contributed by atoms with E-state index >= 15 is 0 Å². The highest BCUT2D eigenvalue weighted by Gasteiger charge is 2.02. The molecule has 3 nitrogen and oxygen atoms in total. The van der Waals surface area contributed by atoms with Gasteiger partial charge in [0.25, 0.3) is 0 Å². The van der Waals surface area contributed by atoms with Crippen LogP contribution in [0, 0.1) is 5.82 Å². The average molecular weight is 258 g/mol. The number of hydrogen-bond donors (Lipinski definition) is 1. The minimum atomic E-state index is -0.337. The highest BCUT2D eigenvalue weighted by atomic mass is 35.5. The van der Waals surface area contributed by atoms with Crippen LogP contribution in [-0.4, -0.2) is 9.97 Å². The molecule has 0 aliphatic rings. The summed E-state index contributed by atoms with van der Waals surface area (Å²) in [7, 11) is 0. The highest BCUT2D eigenvalue weighted by molar-refractivity contribution is 6.32. The molecule has 0 amide bonds. The van der Waals surface area contributed by atoms with E-state index in [0.29, 0.717) is 11.5 Å². The van der Waals surface area contributed by atoms with Gasteiger partial charge in [0.1, 0.15) is 16.8 Å². The third-order valence-electron chi connectivity index (χ3n) is 1.76. The first-order valence-electron chi connectivity index (χ1n) is 4.36. The lowest BCUT2D eigenvalue weighted by atomic mass is 10.3. The SMILES string of the molecule is Fc1cccc(Nc2cc(Cl)nc(Cl)n2)c1. The Morgan fingerprint density at radius 2 is 1.94 bits per heavy atom. The number of anilines is 2. The van der Waals surface area contributed by atoms with Gasteiger partial charge >= 0.3 is 0 Å². The summed E-state index contributed by atoms with van der Waals surface area (Å²) in [6.07, 6.45) is 0. The molecule has 0 saturated heterocycles. The van der Waals surface area contributed by atoms with Crippen molar-refractivity contribution in [1.82, 2.24) is 9.97 Å². The average Bonchev–Trinajstić information content (AvgIpc) is 2.15. The molecule has 0 aliphatic carbocycles. The minimum Gasteiger partial charge on any atom is -0.340 e. The van der Waals surface area contributed by atoms with Crippen molar-refractivity contribution in [2.75, 3.05) is 5.32 Å². The van der Waals surface area contributed by atoms with Crippen molar-refractivity contribution in [2.45, 2.75) is 0 Å². The number of halogens is 3. The predicted molar refractivity (Wildman–Crippen MR) is 61.7 cm³/mol. The van der Waals surface area contributed by atoms with Crippen LogP contribution in [0.3, 0.4) is 0 Å². The Labute approximate surface area is 101 Å². The Morgan fingerprint density at radius 1 is 1.12 bits per heavy atom. The maximum absolute atomic E-state index is 12.9. The van der Waals surface area contributed by atoms with E-state index in [0.717, 1.165) is 0 Å². The third kappa shape index (κ3) is 2.81. The second kappa shape index (κ2) is 4.63.